The molecule has 2 aromatic carbocycles. The third-order valence-electron chi connectivity index (χ3n) is 5.40. The van der Waals surface area contributed by atoms with Crippen LogP contribution in [0.1, 0.15) is 18.1 Å². The predicted octanol–water partition coefficient (Wildman–Crippen LogP) is 3.90. The number of rotatable bonds is 7. The molecule has 1 N–H and O–H groups in total. The van der Waals surface area contributed by atoms with Crippen molar-refractivity contribution >= 4 is 46.8 Å². The van der Waals surface area contributed by atoms with E-state index in [1.807, 2.05) is 61.2 Å². The van der Waals surface area contributed by atoms with Crippen LogP contribution in [-0.2, 0) is 11.3 Å². The fourth-order valence-corrected chi connectivity index (χ4v) is 5.08. The Hall–Kier alpha value is -2.55. The lowest BCUT2D eigenvalue weighted by atomic mass is 10.1. The first-order chi connectivity index (χ1) is 15.6. The highest BCUT2D eigenvalue weighted by molar-refractivity contribution is 7.99. The van der Waals surface area contributed by atoms with E-state index in [4.69, 9.17) is 21.7 Å². The Morgan fingerprint density at radius 2 is 1.91 bits per heavy atom. The maximum atomic E-state index is 13.1. The van der Waals surface area contributed by atoms with Crippen LogP contribution in [-0.4, -0.2) is 54.2 Å². The summed E-state index contributed by atoms with van der Waals surface area (Å²) >= 11 is 7.44. The number of methoxy groups -OCH3 is 1. The molecule has 2 saturated heterocycles. The van der Waals surface area contributed by atoms with Crippen LogP contribution in [0, 0.1) is 0 Å². The molecule has 6 nitrogen and oxygen atoms in total. The third kappa shape index (κ3) is 5.09. The molecular weight excluding hydrogens is 442 g/mol. The van der Waals surface area contributed by atoms with Gasteiger partial charge in [0.2, 0.25) is 0 Å². The van der Waals surface area contributed by atoms with E-state index in [2.05, 4.69) is 16.3 Å². The van der Waals surface area contributed by atoms with Crippen molar-refractivity contribution in [2.45, 2.75) is 13.5 Å². The second kappa shape index (κ2) is 10.4. The predicted molar refractivity (Wildman–Crippen MR) is 134 cm³/mol. The molecule has 2 aromatic rings. The first-order valence-corrected chi connectivity index (χ1v) is 12.2. The lowest BCUT2D eigenvalue weighted by Gasteiger charge is -2.26. The van der Waals surface area contributed by atoms with E-state index in [1.165, 1.54) is 4.90 Å². The number of ether oxygens (including phenoxy) is 2. The fourth-order valence-electron chi connectivity index (χ4n) is 3.81. The van der Waals surface area contributed by atoms with Gasteiger partial charge in [-0.15, -0.1) is 0 Å². The molecule has 0 aromatic heterocycles. The summed E-state index contributed by atoms with van der Waals surface area (Å²) in [6, 6.07) is 13.4. The second-order valence-electron chi connectivity index (χ2n) is 7.52. The zero-order chi connectivity index (χ0) is 22.5. The average molecular weight is 470 g/mol. The van der Waals surface area contributed by atoms with Crippen molar-refractivity contribution in [3.05, 3.63) is 59.3 Å². The van der Waals surface area contributed by atoms with Crippen LogP contribution in [0.3, 0.4) is 0 Å². The summed E-state index contributed by atoms with van der Waals surface area (Å²) in [7, 11) is 1.69. The molecule has 0 atom stereocenters. The fraction of sp³-hybridized carbons (Fsp3) is 0.333. The summed E-state index contributed by atoms with van der Waals surface area (Å²) in [6.45, 7) is 5.51. The number of benzene rings is 2. The summed E-state index contributed by atoms with van der Waals surface area (Å²) < 4.78 is 11.1. The van der Waals surface area contributed by atoms with Gasteiger partial charge >= 0.3 is 0 Å². The number of thioether (sulfide) groups is 1. The Bertz CT molecular complexity index is 1020. The van der Waals surface area contributed by atoms with Gasteiger partial charge in [-0.25, -0.2) is 0 Å². The molecule has 4 rings (SSSR count). The van der Waals surface area contributed by atoms with E-state index in [0.717, 1.165) is 53.8 Å². The van der Waals surface area contributed by atoms with E-state index < -0.39 is 0 Å². The van der Waals surface area contributed by atoms with Gasteiger partial charge in [0.1, 0.15) is 17.2 Å². The van der Waals surface area contributed by atoms with E-state index in [0.29, 0.717) is 23.1 Å². The molecular formula is C24H27N3O3S2. The number of nitrogens with zero attached hydrogens (tertiary/aromatic N) is 2. The molecule has 2 fully saturated rings. The van der Waals surface area contributed by atoms with Crippen molar-refractivity contribution in [2.24, 2.45) is 0 Å². The number of thiocarbonyl (C=S) groups is 1. The Balaban J connectivity index is 1.54. The number of hydrogen-bond donors (Lipinski definition) is 1. The Labute approximate surface area is 198 Å². The smallest absolute Gasteiger partial charge is 0.281 e. The van der Waals surface area contributed by atoms with Crippen LogP contribution >= 0.6 is 24.0 Å². The van der Waals surface area contributed by atoms with E-state index in [9.17, 15) is 4.79 Å². The van der Waals surface area contributed by atoms with Crippen LogP contribution in [0.15, 0.2) is 48.2 Å². The lowest BCUT2D eigenvalue weighted by Crippen LogP contribution is -2.32. The van der Waals surface area contributed by atoms with Gasteiger partial charge in [0.25, 0.3) is 5.91 Å². The van der Waals surface area contributed by atoms with Gasteiger partial charge in [-0.3, -0.25) is 14.6 Å². The monoisotopic (exact) mass is 469 g/mol. The molecule has 2 heterocycles. The maximum Gasteiger partial charge on any atom is 0.281 e. The molecule has 0 radical (unpaired) electrons. The maximum absolute atomic E-state index is 13.1. The molecule has 0 spiro atoms. The number of anilines is 1. The van der Waals surface area contributed by atoms with Crippen molar-refractivity contribution in [3.8, 4) is 11.5 Å². The number of carbonyl (C=O) groups is 1. The quantitative estimate of drug-likeness (QED) is 0.487. The molecule has 168 valence electrons. The van der Waals surface area contributed by atoms with Gasteiger partial charge < -0.3 is 14.8 Å². The van der Waals surface area contributed by atoms with E-state index >= 15 is 0 Å². The molecule has 0 unspecified atom stereocenters. The SMILES string of the molecule is CCOc1ccc(N2C(=O)/C(=C\c3ccc(OC)c(CN4CCSCC4)c3)NC2=S)cc1. The Morgan fingerprint density at radius 1 is 1.16 bits per heavy atom. The van der Waals surface area contributed by atoms with Crippen molar-refractivity contribution in [1.82, 2.24) is 10.2 Å². The molecule has 0 saturated carbocycles. The summed E-state index contributed by atoms with van der Waals surface area (Å²) in [5, 5.41) is 3.43. The first kappa shape index (κ1) is 22.6. The second-order valence-corrected chi connectivity index (χ2v) is 9.13. The Kier molecular flexibility index (Phi) is 7.34. The minimum Gasteiger partial charge on any atom is -0.496 e. The minimum atomic E-state index is -0.176. The normalized spacial score (nSPS) is 18.2. The van der Waals surface area contributed by atoms with Crippen LogP contribution in [0.4, 0.5) is 5.69 Å². The van der Waals surface area contributed by atoms with E-state index in [-0.39, 0.29) is 5.91 Å². The average Bonchev–Trinajstić information content (AvgIpc) is 3.08. The number of nitrogens with one attached hydrogen (secondary N) is 1. The van der Waals surface area contributed by atoms with Crippen LogP contribution < -0.4 is 19.7 Å². The van der Waals surface area contributed by atoms with Crippen molar-refractivity contribution in [1.29, 1.82) is 0 Å². The lowest BCUT2D eigenvalue weighted by molar-refractivity contribution is -0.113. The van der Waals surface area contributed by atoms with Gasteiger partial charge in [-0.2, -0.15) is 11.8 Å². The van der Waals surface area contributed by atoms with Gasteiger partial charge in [-0.1, -0.05) is 6.07 Å². The first-order valence-electron chi connectivity index (χ1n) is 10.7. The minimum absolute atomic E-state index is 0.176. The van der Waals surface area contributed by atoms with E-state index in [1.54, 1.807) is 7.11 Å². The summed E-state index contributed by atoms with van der Waals surface area (Å²) in [4.78, 5) is 17.0. The van der Waals surface area contributed by atoms with Crippen molar-refractivity contribution in [3.63, 3.8) is 0 Å². The molecule has 0 bridgehead atoms. The van der Waals surface area contributed by atoms with Crippen LogP contribution in [0.25, 0.3) is 6.08 Å². The number of amides is 1. The topological polar surface area (TPSA) is 54.0 Å². The van der Waals surface area contributed by atoms with Gasteiger partial charge in [0.15, 0.2) is 5.11 Å². The molecule has 2 aliphatic rings. The molecule has 0 aliphatic carbocycles. The number of hydrogen-bond acceptors (Lipinski definition) is 6. The highest BCUT2D eigenvalue weighted by atomic mass is 32.2. The van der Waals surface area contributed by atoms with Crippen LogP contribution in [0.2, 0.25) is 0 Å². The molecule has 1 amide bonds. The molecule has 8 heteroatoms. The van der Waals surface area contributed by atoms with Gasteiger partial charge in [-0.05, 0) is 67.2 Å². The number of carbonyl (C=O) groups excluding carboxylic acids is 1. The van der Waals surface area contributed by atoms with Crippen molar-refractivity contribution < 1.29 is 14.3 Å². The zero-order valence-electron chi connectivity index (χ0n) is 18.3. The summed E-state index contributed by atoms with van der Waals surface area (Å²) in [6.07, 6.45) is 1.85. The largest absolute Gasteiger partial charge is 0.496 e. The summed E-state index contributed by atoms with van der Waals surface area (Å²) in [5.74, 6) is 3.76. The van der Waals surface area contributed by atoms with Gasteiger partial charge in [0.05, 0.1) is 19.4 Å². The van der Waals surface area contributed by atoms with Crippen LogP contribution in [0.5, 0.6) is 11.5 Å². The molecule has 32 heavy (non-hydrogen) atoms. The Morgan fingerprint density at radius 3 is 2.59 bits per heavy atom. The third-order valence-corrected chi connectivity index (χ3v) is 6.62. The highest BCUT2D eigenvalue weighted by Gasteiger charge is 2.32. The highest BCUT2D eigenvalue weighted by Crippen LogP contribution is 2.27. The molecule has 2 aliphatic heterocycles. The summed E-state index contributed by atoms with van der Waals surface area (Å²) in [5.41, 5.74) is 3.21. The zero-order valence-corrected chi connectivity index (χ0v) is 19.9. The standard InChI is InChI=1S/C24H27N3O3S2/c1-3-30-20-7-5-19(6-8-20)27-23(28)21(25-24(27)31)15-17-4-9-22(29-2)18(14-17)16-26-10-12-32-13-11-26/h4-9,14-15H,3,10-13,16H2,1-2H3,(H,25,31)/b21-15+. The van der Waals surface area contributed by atoms with Gasteiger partial charge in [0, 0.05) is 36.7 Å². The van der Waals surface area contributed by atoms with Crippen molar-refractivity contribution in [2.75, 3.05) is 43.2 Å².